The first-order valence-corrected chi connectivity index (χ1v) is 10.2. The van der Waals surface area contributed by atoms with Gasteiger partial charge in [-0.1, -0.05) is 36.4 Å². The number of carbonyl (C=O) groups excluding carboxylic acids is 1. The van der Waals surface area contributed by atoms with Crippen molar-refractivity contribution in [1.82, 2.24) is 4.90 Å². The van der Waals surface area contributed by atoms with Gasteiger partial charge in [0, 0.05) is 19.5 Å². The number of amides is 1. The van der Waals surface area contributed by atoms with Crippen molar-refractivity contribution in [3.05, 3.63) is 66.0 Å². The minimum atomic E-state index is -0.395. The maximum Gasteiger partial charge on any atom is 0.224 e. The van der Waals surface area contributed by atoms with Crippen LogP contribution in [0, 0.1) is 11.7 Å². The highest BCUT2D eigenvalue weighted by atomic mass is 19.1. The number of carbonyl (C=O) groups is 1. The Hall–Kier alpha value is -2.66. The van der Waals surface area contributed by atoms with E-state index in [-0.39, 0.29) is 11.6 Å². The van der Waals surface area contributed by atoms with E-state index < -0.39 is 5.82 Å². The predicted octanol–water partition coefficient (Wildman–Crippen LogP) is 4.98. The van der Waals surface area contributed by atoms with Gasteiger partial charge in [-0.3, -0.25) is 9.69 Å². The van der Waals surface area contributed by atoms with E-state index in [9.17, 15) is 9.18 Å². The molecule has 0 bridgehead atoms. The van der Waals surface area contributed by atoms with E-state index in [0.29, 0.717) is 12.3 Å². The molecule has 3 rings (SSSR count). The standard InChI is InChI=1S/C24H29FN2O2/c1-29-21-13-10-19(11-14-21)6-4-16-27-17-5-7-20(18-27)12-15-24(28)26-23-9-3-2-8-22(23)25/h2-4,6,8-11,13-14,20H,5,7,12,15-18H2,1H3,(H,26,28)/b6-4+/t20-/m0/s1. The molecule has 1 heterocycles. The molecule has 2 aromatic rings. The highest BCUT2D eigenvalue weighted by Crippen LogP contribution is 2.22. The Balaban J connectivity index is 1.41. The molecule has 0 aromatic heterocycles. The fourth-order valence-electron chi connectivity index (χ4n) is 3.72. The van der Waals surface area contributed by atoms with Gasteiger partial charge in [-0.2, -0.15) is 0 Å². The number of para-hydroxylation sites is 1. The third-order valence-corrected chi connectivity index (χ3v) is 5.32. The van der Waals surface area contributed by atoms with Gasteiger partial charge in [-0.15, -0.1) is 0 Å². The van der Waals surface area contributed by atoms with Crippen LogP contribution in [0.5, 0.6) is 5.75 Å². The van der Waals surface area contributed by atoms with Crippen molar-refractivity contribution in [2.75, 3.05) is 32.1 Å². The molecule has 0 aliphatic carbocycles. The minimum Gasteiger partial charge on any atom is -0.497 e. The Labute approximate surface area is 172 Å². The number of nitrogens with one attached hydrogen (secondary N) is 1. The van der Waals surface area contributed by atoms with Crippen molar-refractivity contribution in [2.45, 2.75) is 25.7 Å². The van der Waals surface area contributed by atoms with Crippen LogP contribution < -0.4 is 10.1 Å². The third-order valence-electron chi connectivity index (χ3n) is 5.32. The molecule has 1 aliphatic heterocycles. The number of anilines is 1. The van der Waals surface area contributed by atoms with Crippen molar-refractivity contribution in [1.29, 1.82) is 0 Å². The number of halogens is 1. The second kappa shape index (κ2) is 10.8. The topological polar surface area (TPSA) is 41.6 Å². The molecule has 0 saturated carbocycles. The SMILES string of the molecule is COc1ccc(/C=C/CN2CCC[C@@H](CCC(=O)Nc3ccccc3F)C2)cc1. The van der Waals surface area contributed by atoms with Gasteiger partial charge in [0.1, 0.15) is 11.6 Å². The molecule has 1 saturated heterocycles. The third kappa shape index (κ3) is 6.71. The molecule has 1 amide bonds. The highest BCUT2D eigenvalue weighted by Gasteiger charge is 2.20. The van der Waals surface area contributed by atoms with Crippen LogP contribution in [0.15, 0.2) is 54.6 Å². The number of benzene rings is 2. The summed E-state index contributed by atoms with van der Waals surface area (Å²) in [5.41, 5.74) is 1.41. The zero-order chi connectivity index (χ0) is 20.5. The van der Waals surface area contributed by atoms with Crippen molar-refractivity contribution >= 4 is 17.7 Å². The Morgan fingerprint density at radius 2 is 2.03 bits per heavy atom. The van der Waals surface area contributed by atoms with Gasteiger partial charge in [0.25, 0.3) is 0 Å². The van der Waals surface area contributed by atoms with Crippen LogP contribution >= 0.6 is 0 Å². The molecule has 1 aliphatic rings. The van der Waals surface area contributed by atoms with Crippen LogP contribution in [0.1, 0.15) is 31.2 Å². The number of piperidine rings is 1. The maximum atomic E-state index is 13.6. The summed E-state index contributed by atoms with van der Waals surface area (Å²) < 4.78 is 18.8. The van der Waals surface area contributed by atoms with Crippen LogP contribution in [-0.2, 0) is 4.79 Å². The summed E-state index contributed by atoms with van der Waals surface area (Å²) in [7, 11) is 1.67. The molecular weight excluding hydrogens is 367 g/mol. The summed E-state index contributed by atoms with van der Waals surface area (Å²) in [5, 5.41) is 2.67. The van der Waals surface area contributed by atoms with Crippen LogP contribution in [-0.4, -0.2) is 37.6 Å². The van der Waals surface area contributed by atoms with Crippen molar-refractivity contribution in [3.8, 4) is 5.75 Å². The molecule has 5 heteroatoms. The number of hydrogen-bond acceptors (Lipinski definition) is 3. The first-order chi connectivity index (χ1) is 14.1. The fourth-order valence-corrected chi connectivity index (χ4v) is 3.72. The number of methoxy groups -OCH3 is 1. The summed E-state index contributed by atoms with van der Waals surface area (Å²) >= 11 is 0. The monoisotopic (exact) mass is 396 g/mol. The molecule has 154 valence electrons. The predicted molar refractivity (Wildman–Crippen MR) is 115 cm³/mol. The molecule has 0 radical (unpaired) electrons. The molecule has 0 unspecified atom stereocenters. The van der Waals surface area contributed by atoms with Gasteiger partial charge in [-0.05, 0) is 61.6 Å². The van der Waals surface area contributed by atoms with Crippen LogP contribution in [0.25, 0.3) is 6.08 Å². The lowest BCUT2D eigenvalue weighted by Gasteiger charge is -2.31. The lowest BCUT2D eigenvalue weighted by molar-refractivity contribution is -0.116. The number of likely N-dealkylation sites (tertiary alicyclic amines) is 1. The van der Waals surface area contributed by atoms with E-state index in [2.05, 4.69) is 22.4 Å². The number of hydrogen-bond donors (Lipinski definition) is 1. The minimum absolute atomic E-state index is 0.119. The van der Waals surface area contributed by atoms with Crippen molar-refractivity contribution in [2.24, 2.45) is 5.92 Å². The Morgan fingerprint density at radius 3 is 2.79 bits per heavy atom. The molecular formula is C24H29FN2O2. The van der Waals surface area contributed by atoms with E-state index in [1.165, 1.54) is 6.07 Å². The fraction of sp³-hybridized carbons (Fsp3) is 0.375. The molecule has 1 N–H and O–H groups in total. The molecule has 1 fully saturated rings. The van der Waals surface area contributed by atoms with Crippen molar-refractivity contribution < 1.29 is 13.9 Å². The second-order valence-corrected chi connectivity index (χ2v) is 7.51. The van der Waals surface area contributed by atoms with E-state index in [0.717, 1.165) is 50.2 Å². The van der Waals surface area contributed by atoms with Gasteiger partial charge in [0.15, 0.2) is 0 Å². The first kappa shape index (κ1) is 21.1. The van der Waals surface area contributed by atoms with Gasteiger partial charge in [0.2, 0.25) is 5.91 Å². The maximum absolute atomic E-state index is 13.6. The highest BCUT2D eigenvalue weighted by molar-refractivity contribution is 5.90. The number of rotatable bonds is 8. The average Bonchev–Trinajstić information content (AvgIpc) is 2.75. The van der Waals surface area contributed by atoms with Gasteiger partial charge in [0.05, 0.1) is 12.8 Å². The van der Waals surface area contributed by atoms with Crippen LogP contribution in [0.3, 0.4) is 0 Å². The quantitative estimate of drug-likeness (QED) is 0.684. The lowest BCUT2D eigenvalue weighted by atomic mass is 9.93. The molecule has 2 aromatic carbocycles. The summed E-state index contributed by atoms with van der Waals surface area (Å²) in [6, 6.07) is 14.3. The first-order valence-electron chi connectivity index (χ1n) is 10.2. The summed E-state index contributed by atoms with van der Waals surface area (Å²) in [6.45, 7) is 2.99. The zero-order valence-electron chi connectivity index (χ0n) is 16.9. The number of nitrogens with zero attached hydrogens (tertiary/aromatic N) is 1. The van der Waals surface area contributed by atoms with Gasteiger partial charge >= 0.3 is 0 Å². The van der Waals surface area contributed by atoms with Crippen LogP contribution in [0.2, 0.25) is 0 Å². The molecule has 0 spiro atoms. The Morgan fingerprint density at radius 1 is 1.24 bits per heavy atom. The van der Waals surface area contributed by atoms with Crippen LogP contribution in [0.4, 0.5) is 10.1 Å². The normalized spacial score (nSPS) is 17.4. The van der Waals surface area contributed by atoms with E-state index >= 15 is 0 Å². The average molecular weight is 397 g/mol. The zero-order valence-corrected chi connectivity index (χ0v) is 16.9. The lowest BCUT2D eigenvalue weighted by Crippen LogP contribution is -2.35. The molecule has 1 atom stereocenters. The Bertz CT molecular complexity index is 820. The Kier molecular flexibility index (Phi) is 7.82. The van der Waals surface area contributed by atoms with E-state index in [4.69, 9.17) is 4.74 Å². The largest absolute Gasteiger partial charge is 0.497 e. The summed E-state index contributed by atoms with van der Waals surface area (Å²) in [4.78, 5) is 14.6. The molecule has 29 heavy (non-hydrogen) atoms. The van der Waals surface area contributed by atoms with E-state index in [1.54, 1.807) is 25.3 Å². The van der Waals surface area contributed by atoms with Gasteiger partial charge < -0.3 is 10.1 Å². The molecule has 4 nitrogen and oxygen atoms in total. The number of ether oxygens (including phenoxy) is 1. The van der Waals surface area contributed by atoms with Crippen molar-refractivity contribution in [3.63, 3.8) is 0 Å². The van der Waals surface area contributed by atoms with Gasteiger partial charge in [-0.25, -0.2) is 4.39 Å². The second-order valence-electron chi connectivity index (χ2n) is 7.51. The smallest absolute Gasteiger partial charge is 0.224 e. The summed E-state index contributed by atoms with van der Waals surface area (Å²) in [6.07, 6.45) is 7.87. The summed E-state index contributed by atoms with van der Waals surface area (Å²) in [5.74, 6) is 0.851. The van der Waals surface area contributed by atoms with E-state index in [1.807, 2.05) is 24.3 Å².